The molecule has 2 aromatic carbocycles. The number of amides is 1. The van der Waals surface area contributed by atoms with Crippen LogP contribution in [0.25, 0.3) is 0 Å². The van der Waals surface area contributed by atoms with Crippen LogP contribution in [-0.2, 0) is 14.3 Å². The maximum Gasteiger partial charge on any atom is 0.337 e. The molecule has 0 aromatic heterocycles. The molecule has 0 aliphatic carbocycles. The molecule has 0 fully saturated rings. The lowest BCUT2D eigenvalue weighted by Crippen LogP contribution is -2.21. The molecule has 0 radical (unpaired) electrons. The Morgan fingerprint density at radius 3 is 2.07 bits per heavy atom. The molecule has 2 rings (SSSR count). The third-order valence-corrected chi connectivity index (χ3v) is 3.79. The van der Waals surface area contributed by atoms with Crippen molar-refractivity contribution in [2.45, 2.75) is 6.92 Å². The number of hydrogen-bond acceptors (Lipinski definition) is 6. The Kier molecular flexibility index (Phi) is 6.79. The summed E-state index contributed by atoms with van der Waals surface area (Å²) in [6.45, 7) is 1.54. The van der Waals surface area contributed by atoms with Gasteiger partial charge in [-0.2, -0.15) is 0 Å². The Bertz CT molecular complexity index is 846. The van der Waals surface area contributed by atoms with Crippen LogP contribution in [0.1, 0.15) is 26.3 Å². The molecular weight excluding hydrogens is 374 g/mol. The van der Waals surface area contributed by atoms with Gasteiger partial charge in [-0.1, -0.05) is 11.6 Å². The van der Waals surface area contributed by atoms with Gasteiger partial charge in [-0.05, 0) is 48.9 Å². The van der Waals surface area contributed by atoms with Gasteiger partial charge < -0.3 is 19.5 Å². The Hall–Kier alpha value is -3.06. The summed E-state index contributed by atoms with van der Waals surface area (Å²) in [4.78, 5) is 35.7. The Morgan fingerprint density at radius 2 is 1.56 bits per heavy atom. The van der Waals surface area contributed by atoms with Crippen LogP contribution in [0, 0.1) is 6.92 Å². The normalized spacial score (nSPS) is 10.1. The molecule has 2 aromatic rings. The second-order valence-corrected chi connectivity index (χ2v) is 5.97. The van der Waals surface area contributed by atoms with Crippen molar-refractivity contribution in [1.82, 2.24) is 0 Å². The van der Waals surface area contributed by atoms with E-state index < -0.39 is 17.8 Å². The van der Waals surface area contributed by atoms with Crippen molar-refractivity contribution < 1.29 is 28.6 Å². The molecule has 0 aliphatic rings. The van der Waals surface area contributed by atoms with Gasteiger partial charge in [0, 0.05) is 10.7 Å². The van der Waals surface area contributed by atoms with Crippen molar-refractivity contribution >= 4 is 35.1 Å². The zero-order chi connectivity index (χ0) is 20.0. The van der Waals surface area contributed by atoms with E-state index in [4.69, 9.17) is 16.3 Å². The number of rotatable bonds is 6. The summed E-state index contributed by atoms with van der Waals surface area (Å²) in [5, 5.41) is 3.14. The molecule has 1 N–H and O–H groups in total. The van der Waals surface area contributed by atoms with E-state index in [0.29, 0.717) is 10.8 Å². The van der Waals surface area contributed by atoms with Gasteiger partial charge in [-0.3, -0.25) is 4.79 Å². The third-order valence-electron chi connectivity index (χ3n) is 3.55. The van der Waals surface area contributed by atoms with Crippen LogP contribution in [0.15, 0.2) is 36.4 Å². The smallest absolute Gasteiger partial charge is 0.337 e. The first-order chi connectivity index (χ1) is 12.8. The number of carbonyl (C=O) groups is 3. The average molecular weight is 392 g/mol. The van der Waals surface area contributed by atoms with Gasteiger partial charge in [0.1, 0.15) is 5.75 Å². The quantitative estimate of drug-likeness (QED) is 0.760. The Morgan fingerprint density at radius 1 is 0.963 bits per heavy atom. The Labute approximate surface area is 161 Å². The predicted octanol–water partition coefficient (Wildman–Crippen LogP) is 3.24. The highest BCUT2D eigenvalue weighted by Gasteiger charge is 2.15. The first-order valence-electron chi connectivity index (χ1n) is 7.84. The zero-order valence-electron chi connectivity index (χ0n) is 15.0. The van der Waals surface area contributed by atoms with Crippen LogP contribution in [0.4, 0.5) is 5.69 Å². The highest BCUT2D eigenvalue weighted by atomic mass is 35.5. The minimum atomic E-state index is -0.649. The predicted molar refractivity (Wildman–Crippen MR) is 99.4 cm³/mol. The molecule has 0 bridgehead atoms. The fourth-order valence-corrected chi connectivity index (χ4v) is 2.51. The Balaban J connectivity index is 2.13. The summed E-state index contributed by atoms with van der Waals surface area (Å²) < 4.78 is 14.8. The monoisotopic (exact) mass is 391 g/mol. The maximum atomic E-state index is 12.2. The number of esters is 2. The minimum Gasteiger partial charge on any atom is -0.483 e. The van der Waals surface area contributed by atoms with Gasteiger partial charge in [-0.25, -0.2) is 9.59 Å². The van der Waals surface area contributed by atoms with Crippen LogP contribution < -0.4 is 10.1 Å². The number of methoxy groups -OCH3 is 2. The number of halogens is 1. The zero-order valence-corrected chi connectivity index (χ0v) is 15.8. The van der Waals surface area contributed by atoms with Crippen LogP contribution in [0.5, 0.6) is 5.75 Å². The fourth-order valence-electron chi connectivity index (χ4n) is 2.29. The maximum absolute atomic E-state index is 12.2. The standard InChI is InChI=1S/C19H18ClNO6/c1-11-6-14(20)4-5-16(11)27-10-17(22)21-15-8-12(18(23)25-2)7-13(9-15)19(24)26-3/h4-9H,10H2,1-3H3,(H,21,22). The van der Waals surface area contributed by atoms with Gasteiger partial charge in [0.2, 0.25) is 0 Å². The van der Waals surface area contributed by atoms with E-state index in [9.17, 15) is 14.4 Å². The molecule has 0 spiro atoms. The van der Waals surface area contributed by atoms with Crippen molar-refractivity contribution in [3.63, 3.8) is 0 Å². The second kappa shape index (κ2) is 9.05. The molecule has 142 valence electrons. The number of nitrogens with one attached hydrogen (secondary N) is 1. The highest BCUT2D eigenvalue weighted by Crippen LogP contribution is 2.22. The molecule has 7 nitrogen and oxygen atoms in total. The average Bonchev–Trinajstić information content (AvgIpc) is 2.65. The van der Waals surface area contributed by atoms with E-state index in [2.05, 4.69) is 14.8 Å². The van der Waals surface area contributed by atoms with Crippen LogP contribution in [0.2, 0.25) is 5.02 Å². The summed E-state index contributed by atoms with van der Waals surface area (Å²) in [6.07, 6.45) is 0. The molecule has 1 amide bonds. The van der Waals surface area contributed by atoms with Crippen molar-refractivity contribution in [2.75, 3.05) is 26.1 Å². The molecule has 0 heterocycles. The van der Waals surface area contributed by atoms with Crippen molar-refractivity contribution in [1.29, 1.82) is 0 Å². The molecule has 0 aliphatic heterocycles. The molecular formula is C19H18ClNO6. The first kappa shape index (κ1) is 20.3. The van der Waals surface area contributed by atoms with Crippen molar-refractivity contribution in [3.05, 3.63) is 58.1 Å². The third kappa shape index (κ3) is 5.46. The van der Waals surface area contributed by atoms with Gasteiger partial charge in [0.05, 0.1) is 25.3 Å². The minimum absolute atomic E-state index is 0.102. The highest BCUT2D eigenvalue weighted by molar-refractivity contribution is 6.30. The number of carbonyl (C=O) groups excluding carboxylic acids is 3. The van der Waals surface area contributed by atoms with Crippen LogP contribution in [-0.4, -0.2) is 38.7 Å². The van der Waals surface area contributed by atoms with E-state index in [0.717, 1.165) is 5.56 Å². The molecule has 0 saturated carbocycles. The van der Waals surface area contributed by atoms with Crippen molar-refractivity contribution in [2.24, 2.45) is 0 Å². The summed E-state index contributed by atoms with van der Waals surface area (Å²) in [6, 6.07) is 9.15. The fraction of sp³-hybridized carbons (Fsp3) is 0.211. The van der Waals surface area contributed by atoms with Gasteiger partial charge in [-0.15, -0.1) is 0 Å². The number of aryl methyl sites for hydroxylation is 1. The molecule has 0 saturated heterocycles. The van der Waals surface area contributed by atoms with Crippen molar-refractivity contribution in [3.8, 4) is 5.75 Å². The van der Waals surface area contributed by atoms with E-state index in [1.54, 1.807) is 18.2 Å². The number of benzene rings is 2. The second-order valence-electron chi connectivity index (χ2n) is 5.53. The van der Waals surface area contributed by atoms with Gasteiger partial charge in [0.15, 0.2) is 6.61 Å². The largest absolute Gasteiger partial charge is 0.483 e. The van der Waals surface area contributed by atoms with E-state index in [-0.39, 0.29) is 23.4 Å². The SMILES string of the molecule is COC(=O)c1cc(NC(=O)COc2ccc(Cl)cc2C)cc(C(=O)OC)c1. The lowest BCUT2D eigenvalue weighted by Gasteiger charge is -2.11. The summed E-state index contributed by atoms with van der Waals surface area (Å²) in [5.74, 6) is -1.25. The number of ether oxygens (including phenoxy) is 3. The van der Waals surface area contributed by atoms with Gasteiger partial charge >= 0.3 is 11.9 Å². The molecule has 0 unspecified atom stereocenters. The first-order valence-corrected chi connectivity index (χ1v) is 8.22. The number of anilines is 1. The molecule has 8 heteroatoms. The lowest BCUT2D eigenvalue weighted by atomic mass is 10.1. The van der Waals surface area contributed by atoms with Crippen LogP contribution >= 0.6 is 11.6 Å². The topological polar surface area (TPSA) is 90.9 Å². The van der Waals surface area contributed by atoms with E-state index in [1.807, 2.05) is 6.92 Å². The molecule has 0 atom stereocenters. The van der Waals surface area contributed by atoms with Crippen LogP contribution in [0.3, 0.4) is 0 Å². The lowest BCUT2D eigenvalue weighted by molar-refractivity contribution is -0.118. The molecule has 27 heavy (non-hydrogen) atoms. The summed E-state index contributed by atoms with van der Waals surface area (Å²) in [5.41, 5.74) is 1.23. The van der Waals surface area contributed by atoms with Gasteiger partial charge in [0.25, 0.3) is 5.91 Å². The van der Waals surface area contributed by atoms with E-state index >= 15 is 0 Å². The van der Waals surface area contributed by atoms with E-state index in [1.165, 1.54) is 32.4 Å². The number of hydrogen-bond donors (Lipinski definition) is 1. The summed E-state index contributed by atoms with van der Waals surface area (Å²) >= 11 is 5.88. The summed E-state index contributed by atoms with van der Waals surface area (Å²) in [7, 11) is 2.43.